The topological polar surface area (TPSA) is 86.7 Å². The number of rotatable bonds is 4. The highest BCUT2D eigenvalue weighted by molar-refractivity contribution is 6.01. The van der Waals surface area contributed by atoms with Crippen molar-refractivity contribution in [3.8, 4) is 0 Å². The Balaban J connectivity index is 1.41. The second-order valence-electron chi connectivity index (χ2n) is 7.13. The number of aliphatic carboxylic acids is 1. The molecule has 2 saturated carbocycles. The van der Waals surface area contributed by atoms with Gasteiger partial charge in [0.25, 0.3) is 5.91 Å². The van der Waals surface area contributed by atoms with Crippen LogP contribution < -0.4 is 5.32 Å². The minimum atomic E-state index is -0.766. The predicted octanol–water partition coefficient (Wildman–Crippen LogP) is 1.26. The standard InChI is InChI=1S/C18H20N2O4/c1-9(20-8-10-4-2-3-5-11(10)17(20)22)16(21)19-15-7-14(18(23)24)12-6-13(12)15/h2-5,9,12-15H,6-8H2,1H3,(H,19,21)(H,23,24)/t9-,12+,13-,14+,15-/m1/s1. The minimum absolute atomic E-state index is 0.0777. The lowest BCUT2D eigenvalue weighted by atomic mass is 10.0. The second-order valence-corrected chi connectivity index (χ2v) is 7.13. The van der Waals surface area contributed by atoms with Crippen LogP contribution in [-0.4, -0.2) is 39.9 Å². The van der Waals surface area contributed by atoms with E-state index in [1.165, 1.54) is 0 Å². The van der Waals surface area contributed by atoms with Gasteiger partial charge in [-0.1, -0.05) is 18.2 Å². The van der Waals surface area contributed by atoms with Crippen LogP contribution in [0.5, 0.6) is 0 Å². The van der Waals surface area contributed by atoms with E-state index in [-0.39, 0.29) is 35.6 Å². The number of amides is 2. The molecular formula is C18H20N2O4. The van der Waals surface area contributed by atoms with Crippen LogP contribution in [0.25, 0.3) is 0 Å². The lowest BCUT2D eigenvalue weighted by Crippen LogP contribution is -2.48. The van der Waals surface area contributed by atoms with Crippen LogP contribution in [0.15, 0.2) is 24.3 Å². The summed E-state index contributed by atoms with van der Waals surface area (Å²) in [5.41, 5.74) is 1.60. The van der Waals surface area contributed by atoms with Gasteiger partial charge in [-0.05, 0) is 43.2 Å². The average molecular weight is 328 g/mol. The Morgan fingerprint density at radius 2 is 2.00 bits per heavy atom. The van der Waals surface area contributed by atoms with Crippen molar-refractivity contribution < 1.29 is 19.5 Å². The first-order chi connectivity index (χ1) is 11.5. The molecule has 1 aromatic rings. The zero-order valence-corrected chi connectivity index (χ0v) is 13.4. The fourth-order valence-corrected chi connectivity index (χ4v) is 4.27. The first-order valence-corrected chi connectivity index (χ1v) is 8.39. The molecule has 1 heterocycles. The highest BCUT2D eigenvalue weighted by atomic mass is 16.4. The molecule has 2 fully saturated rings. The number of nitrogens with zero attached hydrogens (tertiary/aromatic N) is 1. The largest absolute Gasteiger partial charge is 0.481 e. The summed E-state index contributed by atoms with van der Waals surface area (Å²) in [4.78, 5) is 37.8. The lowest BCUT2D eigenvalue weighted by molar-refractivity contribution is -0.142. The molecule has 6 nitrogen and oxygen atoms in total. The SMILES string of the molecule is C[C@H](C(=O)N[C@@H]1C[C@H](C(=O)O)[C@H]2C[C@H]21)N1Cc2ccccc2C1=O. The van der Waals surface area contributed by atoms with E-state index in [0.29, 0.717) is 18.5 Å². The van der Waals surface area contributed by atoms with Crippen LogP contribution in [0.4, 0.5) is 0 Å². The van der Waals surface area contributed by atoms with Gasteiger partial charge in [0.2, 0.25) is 5.91 Å². The highest BCUT2D eigenvalue weighted by Gasteiger charge is 2.57. The Kier molecular flexibility index (Phi) is 3.37. The zero-order chi connectivity index (χ0) is 17.0. The van der Waals surface area contributed by atoms with E-state index in [1.54, 1.807) is 17.9 Å². The number of carbonyl (C=O) groups excluding carboxylic acids is 2. The molecule has 2 aliphatic carbocycles. The lowest BCUT2D eigenvalue weighted by Gasteiger charge is -2.25. The van der Waals surface area contributed by atoms with Gasteiger partial charge in [-0.15, -0.1) is 0 Å². The van der Waals surface area contributed by atoms with Gasteiger partial charge in [-0.2, -0.15) is 0 Å². The van der Waals surface area contributed by atoms with Gasteiger partial charge in [0.15, 0.2) is 0 Å². The van der Waals surface area contributed by atoms with E-state index in [2.05, 4.69) is 5.32 Å². The van der Waals surface area contributed by atoms with E-state index in [1.807, 2.05) is 18.2 Å². The van der Waals surface area contributed by atoms with Crippen molar-refractivity contribution in [1.29, 1.82) is 0 Å². The fourth-order valence-electron chi connectivity index (χ4n) is 4.27. The molecule has 1 aliphatic heterocycles. The smallest absolute Gasteiger partial charge is 0.306 e. The third-order valence-corrected chi connectivity index (χ3v) is 5.77. The predicted molar refractivity (Wildman–Crippen MR) is 85.0 cm³/mol. The monoisotopic (exact) mass is 328 g/mol. The van der Waals surface area contributed by atoms with E-state index >= 15 is 0 Å². The maximum atomic E-state index is 12.6. The van der Waals surface area contributed by atoms with Crippen molar-refractivity contribution in [2.45, 2.75) is 38.4 Å². The Morgan fingerprint density at radius 1 is 1.25 bits per heavy atom. The zero-order valence-electron chi connectivity index (χ0n) is 13.4. The average Bonchev–Trinajstić information content (AvgIpc) is 3.17. The van der Waals surface area contributed by atoms with Crippen molar-refractivity contribution >= 4 is 17.8 Å². The molecule has 0 saturated heterocycles. The van der Waals surface area contributed by atoms with Crippen molar-refractivity contribution in [1.82, 2.24) is 10.2 Å². The third-order valence-electron chi connectivity index (χ3n) is 5.77. The molecule has 3 aliphatic rings. The van der Waals surface area contributed by atoms with E-state index in [0.717, 1.165) is 12.0 Å². The van der Waals surface area contributed by atoms with Crippen LogP contribution in [0.1, 0.15) is 35.7 Å². The fraction of sp³-hybridized carbons (Fsp3) is 0.500. The molecule has 0 radical (unpaired) electrons. The molecule has 2 N–H and O–H groups in total. The molecule has 0 unspecified atom stereocenters. The molecule has 24 heavy (non-hydrogen) atoms. The summed E-state index contributed by atoms with van der Waals surface area (Å²) in [6.07, 6.45) is 1.38. The normalized spacial score (nSPS) is 31.4. The molecule has 126 valence electrons. The number of carbonyl (C=O) groups is 3. The number of nitrogens with one attached hydrogen (secondary N) is 1. The Hall–Kier alpha value is -2.37. The molecule has 4 rings (SSSR count). The van der Waals surface area contributed by atoms with Crippen molar-refractivity contribution in [2.24, 2.45) is 17.8 Å². The Morgan fingerprint density at radius 3 is 2.67 bits per heavy atom. The molecule has 0 aromatic heterocycles. The maximum absolute atomic E-state index is 12.6. The van der Waals surface area contributed by atoms with Gasteiger partial charge in [0.1, 0.15) is 6.04 Å². The van der Waals surface area contributed by atoms with Gasteiger partial charge >= 0.3 is 5.97 Å². The summed E-state index contributed by atoms with van der Waals surface area (Å²) < 4.78 is 0. The number of benzene rings is 1. The van der Waals surface area contributed by atoms with Crippen LogP contribution in [0, 0.1) is 17.8 Å². The second kappa shape index (κ2) is 5.33. The Bertz CT molecular complexity index is 731. The molecule has 2 amide bonds. The quantitative estimate of drug-likeness (QED) is 0.871. The van der Waals surface area contributed by atoms with Crippen LogP contribution in [0.2, 0.25) is 0 Å². The molecule has 0 spiro atoms. The van der Waals surface area contributed by atoms with Crippen molar-refractivity contribution in [2.75, 3.05) is 0 Å². The van der Waals surface area contributed by atoms with Crippen LogP contribution >= 0.6 is 0 Å². The summed E-state index contributed by atoms with van der Waals surface area (Å²) in [5.74, 6) is -0.925. The van der Waals surface area contributed by atoms with Crippen molar-refractivity contribution in [3.05, 3.63) is 35.4 Å². The number of hydrogen-bond donors (Lipinski definition) is 2. The minimum Gasteiger partial charge on any atom is -0.481 e. The third kappa shape index (κ3) is 2.28. The Labute approximate surface area is 139 Å². The highest BCUT2D eigenvalue weighted by Crippen LogP contribution is 2.55. The summed E-state index contributed by atoms with van der Waals surface area (Å²) in [6.45, 7) is 2.17. The summed E-state index contributed by atoms with van der Waals surface area (Å²) in [7, 11) is 0. The molecule has 0 bridgehead atoms. The van der Waals surface area contributed by atoms with E-state index in [9.17, 15) is 19.5 Å². The molecule has 6 heteroatoms. The van der Waals surface area contributed by atoms with Gasteiger partial charge in [-0.25, -0.2) is 0 Å². The molecule has 1 aromatic carbocycles. The van der Waals surface area contributed by atoms with Crippen LogP contribution in [-0.2, 0) is 16.1 Å². The van der Waals surface area contributed by atoms with Gasteiger partial charge < -0.3 is 15.3 Å². The van der Waals surface area contributed by atoms with Crippen LogP contribution in [0.3, 0.4) is 0 Å². The van der Waals surface area contributed by atoms with E-state index < -0.39 is 12.0 Å². The summed E-state index contributed by atoms with van der Waals surface area (Å²) in [5, 5.41) is 12.2. The van der Waals surface area contributed by atoms with Gasteiger partial charge in [0, 0.05) is 18.2 Å². The number of carboxylic acids is 1. The van der Waals surface area contributed by atoms with E-state index in [4.69, 9.17) is 0 Å². The first kappa shape index (κ1) is 15.2. The number of fused-ring (bicyclic) bond motifs is 2. The first-order valence-electron chi connectivity index (χ1n) is 8.39. The maximum Gasteiger partial charge on any atom is 0.306 e. The summed E-state index contributed by atoms with van der Waals surface area (Å²) in [6, 6.07) is 6.75. The number of carboxylic acid groups (broad SMARTS) is 1. The molecule has 5 atom stereocenters. The van der Waals surface area contributed by atoms with Crippen molar-refractivity contribution in [3.63, 3.8) is 0 Å². The number of hydrogen-bond acceptors (Lipinski definition) is 3. The van der Waals surface area contributed by atoms with Gasteiger partial charge in [0.05, 0.1) is 5.92 Å². The molecular weight excluding hydrogens is 308 g/mol. The van der Waals surface area contributed by atoms with Gasteiger partial charge in [-0.3, -0.25) is 14.4 Å². The summed E-state index contributed by atoms with van der Waals surface area (Å²) >= 11 is 0.